The topological polar surface area (TPSA) is 41.6 Å². The van der Waals surface area contributed by atoms with Crippen molar-refractivity contribution in [3.05, 3.63) is 29.8 Å². The third kappa shape index (κ3) is 2.44. The van der Waals surface area contributed by atoms with Crippen LogP contribution < -0.4 is 10.1 Å². The number of likely N-dealkylation sites (tertiary alicyclic amines) is 1. The number of carbonyl (C=O) groups is 1. The van der Waals surface area contributed by atoms with Crippen LogP contribution in [0.1, 0.15) is 31.2 Å². The number of ether oxygens (including phenoxy) is 1. The molecule has 1 saturated carbocycles. The van der Waals surface area contributed by atoms with Gasteiger partial charge in [0.15, 0.2) is 0 Å². The van der Waals surface area contributed by atoms with Gasteiger partial charge in [0.2, 0.25) is 5.91 Å². The summed E-state index contributed by atoms with van der Waals surface area (Å²) in [7, 11) is 1.69. The summed E-state index contributed by atoms with van der Waals surface area (Å²) >= 11 is 0. The Bertz CT molecular complexity index is 583. The first-order valence-corrected chi connectivity index (χ1v) is 8.87. The largest absolute Gasteiger partial charge is 0.497 e. The first kappa shape index (κ1) is 15.0. The number of fused-ring (bicyclic) bond motifs is 1. The van der Waals surface area contributed by atoms with Crippen LogP contribution in [-0.2, 0) is 10.2 Å². The lowest BCUT2D eigenvalue weighted by Gasteiger charge is -2.33. The van der Waals surface area contributed by atoms with E-state index in [0.29, 0.717) is 17.7 Å². The lowest BCUT2D eigenvalue weighted by Crippen LogP contribution is -2.45. The third-order valence-electron chi connectivity index (χ3n) is 6.17. The second-order valence-corrected chi connectivity index (χ2v) is 7.41. The van der Waals surface area contributed by atoms with Crippen LogP contribution in [0.3, 0.4) is 0 Å². The lowest BCUT2D eigenvalue weighted by atomic mass is 9.77. The summed E-state index contributed by atoms with van der Waals surface area (Å²) in [4.78, 5) is 15.6. The van der Waals surface area contributed by atoms with Gasteiger partial charge in [-0.05, 0) is 42.4 Å². The van der Waals surface area contributed by atoms with Crippen LogP contribution in [0.25, 0.3) is 0 Å². The summed E-state index contributed by atoms with van der Waals surface area (Å²) in [5, 5.41) is 3.46. The van der Waals surface area contributed by atoms with Crippen molar-refractivity contribution in [1.82, 2.24) is 10.2 Å². The highest BCUT2D eigenvalue weighted by Gasteiger charge is 2.48. The first-order valence-electron chi connectivity index (χ1n) is 8.87. The minimum absolute atomic E-state index is 0.319. The molecular weight excluding hydrogens is 288 g/mol. The van der Waals surface area contributed by atoms with Gasteiger partial charge in [0.05, 0.1) is 12.5 Å². The number of rotatable bonds is 3. The molecule has 2 atom stereocenters. The molecule has 1 aromatic carbocycles. The van der Waals surface area contributed by atoms with E-state index in [9.17, 15) is 4.79 Å². The second kappa shape index (κ2) is 5.82. The van der Waals surface area contributed by atoms with E-state index >= 15 is 0 Å². The molecule has 0 aromatic heterocycles. The Morgan fingerprint density at radius 3 is 2.57 bits per heavy atom. The number of carbonyl (C=O) groups excluding carboxylic acids is 1. The van der Waals surface area contributed by atoms with Crippen molar-refractivity contribution in [2.45, 2.75) is 31.1 Å². The van der Waals surface area contributed by atoms with E-state index in [4.69, 9.17) is 4.74 Å². The molecule has 23 heavy (non-hydrogen) atoms. The number of nitrogens with one attached hydrogen (secondary N) is 1. The van der Waals surface area contributed by atoms with Gasteiger partial charge >= 0.3 is 0 Å². The van der Waals surface area contributed by atoms with E-state index in [2.05, 4.69) is 22.3 Å². The predicted molar refractivity (Wildman–Crippen MR) is 89.6 cm³/mol. The highest BCUT2D eigenvalue weighted by atomic mass is 16.5. The Balaban J connectivity index is 1.63. The molecule has 2 saturated heterocycles. The molecule has 4 rings (SSSR count). The van der Waals surface area contributed by atoms with Gasteiger partial charge in [0, 0.05) is 26.2 Å². The molecule has 0 unspecified atom stereocenters. The highest BCUT2D eigenvalue weighted by molar-refractivity contribution is 5.89. The monoisotopic (exact) mass is 314 g/mol. The lowest BCUT2D eigenvalue weighted by molar-refractivity contribution is -0.136. The Kier molecular flexibility index (Phi) is 3.80. The van der Waals surface area contributed by atoms with Crippen LogP contribution in [0, 0.1) is 11.8 Å². The van der Waals surface area contributed by atoms with Gasteiger partial charge in [-0.2, -0.15) is 0 Å². The Morgan fingerprint density at radius 2 is 1.91 bits per heavy atom. The first-order chi connectivity index (χ1) is 11.2. The molecular formula is C19H26N2O2. The number of hydrogen-bond acceptors (Lipinski definition) is 3. The highest BCUT2D eigenvalue weighted by Crippen LogP contribution is 2.44. The molecule has 3 aliphatic rings. The van der Waals surface area contributed by atoms with Gasteiger partial charge in [-0.1, -0.05) is 25.0 Å². The fraction of sp³-hybridized carbons (Fsp3) is 0.632. The quantitative estimate of drug-likeness (QED) is 0.930. The summed E-state index contributed by atoms with van der Waals surface area (Å²) < 4.78 is 5.39. The third-order valence-corrected chi connectivity index (χ3v) is 6.17. The standard InChI is InChI=1S/C19H26N2O2/c1-23-17-6-4-5-16(9-17)19(7-2-3-8-19)18(22)21-12-14-10-20-11-15(14)13-21/h4-6,9,14-15,20H,2-3,7-8,10-13H2,1H3/t14-,15+. The summed E-state index contributed by atoms with van der Waals surface area (Å²) in [5.41, 5.74) is 0.829. The zero-order chi connectivity index (χ0) is 15.9. The van der Waals surface area contributed by atoms with Crippen molar-refractivity contribution < 1.29 is 9.53 Å². The minimum Gasteiger partial charge on any atom is -0.497 e. The van der Waals surface area contributed by atoms with Gasteiger partial charge < -0.3 is 15.0 Å². The van der Waals surface area contributed by atoms with Gasteiger partial charge in [0.1, 0.15) is 5.75 Å². The number of hydrogen-bond donors (Lipinski definition) is 1. The van der Waals surface area contributed by atoms with Crippen molar-refractivity contribution in [1.29, 1.82) is 0 Å². The molecule has 2 heterocycles. The van der Waals surface area contributed by atoms with Crippen molar-refractivity contribution >= 4 is 5.91 Å². The molecule has 1 aliphatic carbocycles. The van der Waals surface area contributed by atoms with E-state index in [1.165, 1.54) is 0 Å². The number of methoxy groups -OCH3 is 1. The second-order valence-electron chi connectivity index (χ2n) is 7.41. The Labute approximate surface area is 138 Å². The van der Waals surface area contributed by atoms with Crippen LogP contribution in [-0.4, -0.2) is 44.1 Å². The number of amides is 1. The summed E-state index contributed by atoms with van der Waals surface area (Å²) in [5.74, 6) is 2.52. The zero-order valence-electron chi connectivity index (χ0n) is 13.9. The zero-order valence-corrected chi connectivity index (χ0v) is 13.9. The fourth-order valence-electron chi connectivity index (χ4n) is 4.85. The number of nitrogens with zero attached hydrogens (tertiary/aromatic N) is 1. The predicted octanol–water partition coefficient (Wildman–Crippen LogP) is 2.18. The molecule has 4 nitrogen and oxygen atoms in total. The molecule has 124 valence electrons. The summed E-state index contributed by atoms with van der Waals surface area (Å²) in [6.07, 6.45) is 4.24. The van der Waals surface area contributed by atoms with Crippen molar-refractivity contribution in [2.24, 2.45) is 11.8 Å². The molecule has 0 spiro atoms. The van der Waals surface area contributed by atoms with Crippen LogP contribution in [0.5, 0.6) is 5.75 Å². The normalized spacial score (nSPS) is 28.8. The average Bonchev–Trinajstić information content (AvgIpc) is 3.30. The van der Waals surface area contributed by atoms with Gasteiger partial charge in [-0.15, -0.1) is 0 Å². The maximum absolute atomic E-state index is 13.5. The van der Waals surface area contributed by atoms with E-state index in [1.54, 1.807) is 7.11 Å². The smallest absolute Gasteiger partial charge is 0.233 e. The van der Waals surface area contributed by atoms with Crippen LogP contribution >= 0.6 is 0 Å². The van der Waals surface area contributed by atoms with Gasteiger partial charge in [-0.3, -0.25) is 4.79 Å². The maximum Gasteiger partial charge on any atom is 0.233 e. The fourth-order valence-corrected chi connectivity index (χ4v) is 4.85. The average molecular weight is 314 g/mol. The molecule has 0 bridgehead atoms. The Hall–Kier alpha value is -1.55. The van der Waals surface area contributed by atoms with E-state index < -0.39 is 0 Å². The SMILES string of the molecule is COc1cccc(C2(C(=O)N3C[C@H]4CNC[C@H]4C3)CCCC2)c1. The van der Waals surface area contributed by atoms with E-state index in [1.807, 2.05) is 12.1 Å². The molecule has 1 amide bonds. The van der Waals surface area contributed by atoms with Gasteiger partial charge in [0.25, 0.3) is 0 Å². The van der Waals surface area contributed by atoms with Crippen LogP contribution in [0.15, 0.2) is 24.3 Å². The van der Waals surface area contributed by atoms with E-state index in [0.717, 1.165) is 63.2 Å². The molecule has 3 fully saturated rings. The van der Waals surface area contributed by atoms with Crippen molar-refractivity contribution in [3.63, 3.8) is 0 Å². The summed E-state index contributed by atoms with van der Waals surface area (Å²) in [6, 6.07) is 8.17. The van der Waals surface area contributed by atoms with Crippen LogP contribution in [0.4, 0.5) is 0 Å². The summed E-state index contributed by atoms with van der Waals surface area (Å²) in [6.45, 7) is 4.01. The molecule has 1 aromatic rings. The molecule has 0 radical (unpaired) electrons. The Morgan fingerprint density at radius 1 is 1.22 bits per heavy atom. The van der Waals surface area contributed by atoms with E-state index in [-0.39, 0.29) is 5.41 Å². The minimum atomic E-state index is -0.319. The van der Waals surface area contributed by atoms with Crippen molar-refractivity contribution in [3.8, 4) is 5.75 Å². The number of benzene rings is 1. The molecule has 4 heteroatoms. The molecule has 1 N–H and O–H groups in total. The van der Waals surface area contributed by atoms with Gasteiger partial charge in [-0.25, -0.2) is 0 Å². The van der Waals surface area contributed by atoms with Crippen molar-refractivity contribution in [2.75, 3.05) is 33.3 Å². The van der Waals surface area contributed by atoms with Crippen LogP contribution in [0.2, 0.25) is 0 Å². The molecule has 2 aliphatic heterocycles. The maximum atomic E-state index is 13.5.